The summed E-state index contributed by atoms with van der Waals surface area (Å²) in [5.74, 6) is 0.557. The van der Waals surface area contributed by atoms with E-state index < -0.39 is 6.09 Å². The van der Waals surface area contributed by atoms with Gasteiger partial charge in [-0.25, -0.2) is 4.79 Å². The molecule has 3 nitrogen and oxygen atoms in total. The van der Waals surface area contributed by atoms with Crippen molar-refractivity contribution in [3.63, 3.8) is 0 Å². The molecule has 98 valence electrons. The van der Waals surface area contributed by atoms with Crippen LogP contribution in [0, 0.1) is 3.57 Å². The molecule has 1 amide bonds. The monoisotopic (exact) mass is 385 g/mol. The first-order chi connectivity index (χ1) is 9.19. The molecular weight excluding hydrogens is 373 g/mol. The zero-order chi connectivity index (χ0) is 13.7. The normalized spacial score (nSPS) is 10.0. The van der Waals surface area contributed by atoms with Gasteiger partial charge < -0.3 is 4.74 Å². The predicted octanol–water partition coefficient (Wildman–Crippen LogP) is 4.62. The van der Waals surface area contributed by atoms with E-state index in [1.807, 2.05) is 48.7 Å². The maximum Gasteiger partial charge on any atom is 0.417 e. The lowest BCUT2D eigenvalue weighted by Gasteiger charge is -2.08. The van der Waals surface area contributed by atoms with Gasteiger partial charge in [-0.15, -0.1) is 11.8 Å². The number of benzene rings is 2. The third-order valence-corrected chi connectivity index (χ3v) is 4.01. The number of rotatable bonds is 3. The summed E-state index contributed by atoms with van der Waals surface area (Å²) in [6, 6.07) is 15.0. The quantitative estimate of drug-likeness (QED) is 0.619. The third kappa shape index (κ3) is 4.14. The fourth-order valence-electron chi connectivity index (χ4n) is 1.45. The Morgan fingerprint density at radius 3 is 2.47 bits per heavy atom. The topological polar surface area (TPSA) is 38.3 Å². The van der Waals surface area contributed by atoms with Gasteiger partial charge >= 0.3 is 6.09 Å². The molecule has 19 heavy (non-hydrogen) atoms. The number of hydrogen-bond donors (Lipinski definition) is 1. The molecule has 1 N–H and O–H groups in total. The van der Waals surface area contributed by atoms with Crippen molar-refractivity contribution in [1.29, 1.82) is 0 Å². The highest BCUT2D eigenvalue weighted by molar-refractivity contribution is 14.1. The summed E-state index contributed by atoms with van der Waals surface area (Å²) in [5, 5.41) is 2.70. The molecule has 0 saturated heterocycles. The maximum absolute atomic E-state index is 11.7. The molecule has 2 rings (SSSR count). The average molecular weight is 385 g/mol. The molecule has 5 heteroatoms. The minimum absolute atomic E-state index is 0.485. The van der Waals surface area contributed by atoms with Crippen LogP contribution in [0.25, 0.3) is 0 Å². The second kappa shape index (κ2) is 6.81. The van der Waals surface area contributed by atoms with Crippen LogP contribution in [0.2, 0.25) is 0 Å². The van der Waals surface area contributed by atoms with Gasteiger partial charge in [-0.05, 0) is 65.2 Å². The largest absolute Gasteiger partial charge is 0.417 e. The summed E-state index contributed by atoms with van der Waals surface area (Å²) in [6.45, 7) is 0. The Kier molecular flexibility index (Phi) is 5.09. The Bertz CT molecular complexity index is 572. The number of carbonyl (C=O) groups is 1. The standard InChI is InChI=1S/C14H12INO2S/c1-19-11-8-6-10(7-9-11)16-14(17)18-13-5-3-2-4-12(13)15/h2-9H,1H3,(H,16,17). The van der Waals surface area contributed by atoms with E-state index in [1.165, 1.54) is 0 Å². The highest BCUT2D eigenvalue weighted by Gasteiger charge is 2.07. The van der Waals surface area contributed by atoms with Crippen LogP contribution >= 0.6 is 34.4 Å². The Labute approximate surface area is 129 Å². The molecule has 0 aromatic heterocycles. The Balaban J connectivity index is 1.99. The minimum Gasteiger partial charge on any atom is -0.409 e. The Morgan fingerprint density at radius 2 is 1.84 bits per heavy atom. The van der Waals surface area contributed by atoms with Gasteiger partial charge in [0.1, 0.15) is 5.75 Å². The first-order valence-electron chi connectivity index (χ1n) is 5.56. The molecule has 0 aliphatic carbocycles. The maximum atomic E-state index is 11.7. The van der Waals surface area contributed by atoms with Crippen LogP contribution < -0.4 is 10.1 Å². The number of amides is 1. The van der Waals surface area contributed by atoms with Crippen LogP contribution in [-0.2, 0) is 0 Å². The van der Waals surface area contributed by atoms with Gasteiger partial charge in [-0.2, -0.15) is 0 Å². The predicted molar refractivity (Wildman–Crippen MR) is 87.0 cm³/mol. The van der Waals surface area contributed by atoms with Crippen molar-refractivity contribution >= 4 is 46.1 Å². The third-order valence-electron chi connectivity index (χ3n) is 2.38. The molecule has 2 aromatic carbocycles. The molecule has 0 fully saturated rings. The summed E-state index contributed by atoms with van der Waals surface area (Å²) >= 11 is 3.78. The molecule has 0 heterocycles. The number of thioether (sulfide) groups is 1. The number of hydrogen-bond acceptors (Lipinski definition) is 3. The van der Waals surface area contributed by atoms with Gasteiger partial charge in [0, 0.05) is 10.6 Å². The zero-order valence-corrected chi connectivity index (χ0v) is 13.2. The molecular formula is C14H12INO2S. The summed E-state index contributed by atoms with van der Waals surface area (Å²) in [7, 11) is 0. The first kappa shape index (κ1) is 14.2. The van der Waals surface area contributed by atoms with Crippen LogP contribution in [0.15, 0.2) is 53.4 Å². The van der Waals surface area contributed by atoms with Gasteiger partial charge in [-0.3, -0.25) is 5.32 Å². The highest BCUT2D eigenvalue weighted by atomic mass is 127. The van der Waals surface area contributed by atoms with E-state index in [0.717, 1.165) is 8.47 Å². The zero-order valence-electron chi connectivity index (χ0n) is 10.2. The number of para-hydroxylation sites is 1. The fraction of sp³-hybridized carbons (Fsp3) is 0.0714. The molecule has 0 atom stereocenters. The number of halogens is 1. The second-order valence-corrected chi connectivity index (χ2v) is 5.72. The van der Waals surface area contributed by atoms with E-state index in [0.29, 0.717) is 11.4 Å². The molecule has 0 saturated carbocycles. The van der Waals surface area contributed by atoms with E-state index in [4.69, 9.17) is 4.74 Å². The molecule has 2 aromatic rings. The number of carbonyl (C=O) groups excluding carboxylic acids is 1. The van der Waals surface area contributed by atoms with Crippen LogP contribution in [0.3, 0.4) is 0 Å². The summed E-state index contributed by atoms with van der Waals surface area (Å²) in [4.78, 5) is 12.9. The SMILES string of the molecule is CSc1ccc(NC(=O)Oc2ccccc2I)cc1. The summed E-state index contributed by atoms with van der Waals surface area (Å²) < 4.78 is 6.14. The van der Waals surface area contributed by atoms with E-state index in [-0.39, 0.29) is 0 Å². The van der Waals surface area contributed by atoms with Gasteiger partial charge in [0.2, 0.25) is 0 Å². The lowest BCUT2D eigenvalue weighted by molar-refractivity contribution is 0.215. The number of anilines is 1. The molecule has 0 unspecified atom stereocenters. The van der Waals surface area contributed by atoms with Crippen molar-refractivity contribution in [3.8, 4) is 5.75 Å². The van der Waals surface area contributed by atoms with Crippen LogP contribution in [0.5, 0.6) is 5.75 Å². The smallest absolute Gasteiger partial charge is 0.409 e. The lowest BCUT2D eigenvalue weighted by atomic mass is 10.3. The molecule has 0 bridgehead atoms. The molecule has 0 aliphatic rings. The van der Waals surface area contributed by atoms with Gasteiger partial charge in [0.05, 0.1) is 3.57 Å². The molecule has 0 aliphatic heterocycles. The van der Waals surface area contributed by atoms with Crippen molar-refractivity contribution in [1.82, 2.24) is 0 Å². The Hall–Kier alpha value is -1.21. The van der Waals surface area contributed by atoms with E-state index in [1.54, 1.807) is 17.8 Å². The van der Waals surface area contributed by atoms with E-state index in [2.05, 4.69) is 27.9 Å². The number of nitrogens with one attached hydrogen (secondary N) is 1. The number of ether oxygens (including phenoxy) is 1. The average Bonchev–Trinajstić information content (AvgIpc) is 2.42. The van der Waals surface area contributed by atoms with Crippen molar-refractivity contribution < 1.29 is 9.53 Å². The van der Waals surface area contributed by atoms with Crippen molar-refractivity contribution in [2.45, 2.75) is 4.90 Å². The summed E-state index contributed by atoms with van der Waals surface area (Å²) in [6.07, 6.45) is 1.52. The van der Waals surface area contributed by atoms with Gasteiger partial charge in [-0.1, -0.05) is 12.1 Å². The first-order valence-corrected chi connectivity index (χ1v) is 7.87. The van der Waals surface area contributed by atoms with Crippen molar-refractivity contribution in [2.24, 2.45) is 0 Å². The summed E-state index contributed by atoms with van der Waals surface area (Å²) in [5.41, 5.74) is 0.716. The van der Waals surface area contributed by atoms with Crippen molar-refractivity contribution in [3.05, 3.63) is 52.1 Å². The highest BCUT2D eigenvalue weighted by Crippen LogP contribution is 2.21. The Morgan fingerprint density at radius 1 is 1.16 bits per heavy atom. The minimum atomic E-state index is -0.485. The second-order valence-electron chi connectivity index (χ2n) is 3.67. The van der Waals surface area contributed by atoms with Crippen LogP contribution in [0.4, 0.5) is 10.5 Å². The van der Waals surface area contributed by atoms with Crippen LogP contribution in [-0.4, -0.2) is 12.3 Å². The van der Waals surface area contributed by atoms with Gasteiger partial charge in [0.15, 0.2) is 0 Å². The lowest BCUT2D eigenvalue weighted by Crippen LogP contribution is -2.17. The van der Waals surface area contributed by atoms with Crippen molar-refractivity contribution in [2.75, 3.05) is 11.6 Å². The fourth-order valence-corrected chi connectivity index (χ4v) is 2.35. The molecule has 0 spiro atoms. The van der Waals surface area contributed by atoms with E-state index >= 15 is 0 Å². The van der Waals surface area contributed by atoms with Crippen LogP contribution in [0.1, 0.15) is 0 Å². The molecule has 0 radical (unpaired) electrons. The van der Waals surface area contributed by atoms with Gasteiger partial charge in [0.25, 0.3) is 0 Å². The van der Waals surface area contributed by atoms with E-state index in [9.17, 15) is 4.79 Å².